The second kappa shape index (κ2) is 4.91. The highest BCUT2D eigenvalue weighted by atomic mass is 35.5. The van der Waals surface area contributed by atoms with Crippen LogP contribution >= 0.6 is 11.6 Å². The van der Waals surface area contributed by atoms with Crippen LogP contribution in [-0.2, 0) is 6.54 Å². The van der Waals surface area contributed by atoms with E-state index in [1.807, 2.05) is 29.8 Å². The predicted molar refractivity (Wildman–Crippen MR) is 82.3 cm³/mol. The fourth-order valence-electron chi connectivity index (χ4n) is 2.35. The number of hydrogen-bond acceptors (Lipinski definition) is 2. The molecule has 0 atom stereocenters. The molecule has 0 aliphatic carbocycles. The highest BCUT2D eigenvalue weighted by Crippen LogP contribution is 2.22. The van der Waals surface area contributed by atoms with Crippen LogP contribution in [-0.4, -0.2) is 14.8 Å². The van der Waals surface area contributed by atoms with Crippen LogP contribution in [0.4, 0.5) is 0 Å². The quantitative estimate of drug-likeness (QED) is 0.665. The smallest absolute Gasteiger partial charge is 0.134 e. The molecule has 0 aliphatic rings. The number of fused-ring (bicyclic) bond motifs is 1. The lowest BCUT2D eigenvalue weighted by Gasteiger charge is -2.08. The maximum atomic E-state index is 6.30. The van der Waals surface area contributed by atoms with E-state index in [1.165, 1.54) is 11.3 Å². The van der Waals surface area contributed by atoms with Gasteiger partial charge in [0.15, 0.2) is 0 Å². The standard InChI is InChI=1S/C16H16ClN3/c1-10-11(2)19-20(12(10)3)9-14-8-13-6-4-5-7-15(13)18-16(14)17/h4-8H,9H2,1-3H3. The third-order valence-corrected chi connectivity index (χ3v) is 4.14. The third-order valence-electron chi connectivity index (χ3n) is 3.81. The van der Waals surface area contributed by atoms with Gasteiger partial charge in [-0.1, -0.05) is 29.8 Å². The summed E-state index contributed by atoms with van der Waals surface area (Å²) in [5.41, 5.74) is 5.38. The summed E-state index contributed by atoms with van der Waals surface area (Å²) in [6.07, 6.45) is 0. The van der Waals surface area contributed by atoms with Crippen LogP contribution < -0.4 is 0 Å². The summed E-state index contributed by atoms with van der Waals surface area (Å²) >= 11 is 6.30. The lowest BCUT2D eigenvalue weighted by atomic mass is 10.1. The third kappa shape index (κ3) is 2.18. The van der Waals surface area contributed by atoms with Gasteiger partial charge in [0, 0.05) is 16.6 Å². The molecule has 102 valence electrons. The zero-order chi connectivity index (χ0) is 14.3. The molecule has 0 amide bonds. The molecule has 1 aromatic carbocycles. The van der Waals surface area contributed by atoms with Crippen molar-refractivity contribution in [1.82, 2.24) is 14.8 Å². The topological polar surface area (TPSA) is 30.7 Å². The fraction of sp³-hybridized carbons (Fsp3) is 0.250. The lowest BCUT2D eigenvalue weighted by Crippen LogP contribution is -2.05. The van der Waals surface area contributed by atoms with Crippen LogP contribution in [0.5, 0.6) is 0 Å². The molecule has 3 nitrogen and oxygen atoms in total. The lowest BCUT2D eigenvalue weighted by molar-refractivity contribution is 0.658. The van der Waals surface area contributed by atoms with Gasteiger partial charge >= 0.3 is 0 Å². The van der Waals surface area contributed by atoms with Gasteiger partial charge in [0.2, 0.25) is 0 Å². The number of nitrogens with zero attached hydrogens (tertiary/aromatic N) is 3. The molecule has 0 fully saturated rings. The molecule has 0 saturated carbocycles. The Kier molecular flexibility index (Phi) is 3.22. The first kappa shape index (κ1) is 13.1. The van der Waals surface area contributed by atoms with Crippen molar-refractivity contribution in [3.8, 4) is 0 Å². The molecule has 0 unspecified atom stereocenters. The normalized spacial score (nSPS) is 11.2. The van der Waals surface area contributed by atoms with Crippen molar-refractivity contribution in [2.75, 3.05) is 0 Å². The number of aromatic nitrogens is 3. The molecule has 0 bridgehead atoms. The van der Waals surface area contributed by atoms with Gasteiger partial charge in [0.1, 0.15) is 5.15 Å². The monoisotopic (exact) mass is 285 g/mol. The first-order valence-corrected chi connectivity index (χ1v) is 6.99. The molecule has 3 aromatic rings. The Morgan fingerprint density at radius 3 is 2.60 bits per heavy atom. The van der Waals surface area contributed by atoms with Crippen LogP contribution in [0.15, 0.2) is 30.3 Å². The van der Waals surface area contributed by atoms with Gasteiger partial charge < -0.3 is 0 Å². The predicted octanol–water partition coefficient (Wildman–Crippen LogP) is 4.06. The van der Waals surface area contributed by atoms with Gasteiger partial charge in [-0.15, -0.1) is 0 Å². The molecule has 0 radical (unpaired) electrons. The molecule has 0 N–H and O–H groups in total. The van der Waals surface area contributed by atoms with Crippen molar-refractivity contribution < 1.29 is 0 Å². The largest absolute Gasteiger partial charge is 0.265 e. The van der Waals surface area contributed by atoms with Gasteiger partial charge in [-0.25, -0.2) is 4.98 Å². The zero-order valence-corrected chi connectivity index (χ0v) is 12.6. The number of aryl methyl sites for hydroxylation is 1. The number of pyridine rings is 1. The van der Waals surface area contributed by atoms with Crippen molar-refractivity contribution in [3.63, 3.8) is 0 Å². The molecule has 2 heterocycles. The summed E-state index contributed by atoms with van der Waals surface area (Å²) in [6, 6.07) is 10.1. The molecule has 0 aliphatic heterocycles. The highest BCUT2D eigenvalue weighted by molar-refractivity contribution is 6.30. The molecule has 2 aromatic heterocycles. The summed E-state index contributed by atoms with van der Waals surface area (Å²) < 4.78 is 1.99. The van der Waals surface area contributed by atoms with E-state index in [0.717, 1.165) is 22.2 Å². The van der Waals surface area contributed by atoms with Crippen LogP contribution in [0, 0.1) is 20.8 Å². The average Bonchev–Trinajstić information content (AvgIpc) is 2.67. The van der Waals surface area contributed by atoms with Gasteiger partial charge in [0.25, 0.3) is 0 Å². The van der Waals surface area contributed by atoms with Crippen LogP contribution in [0.2, 0.25) is 5.15 Å². The Morgan fingerprint density at radius 1 is 1.15 bits per heavy atom. The Balaban J connectivity index is 2.06. The zero-order valence-electron chi connectivity index (χ0n) is 11.8. The SMILES string of the molecule is Cc1nn(Cc2cc3ccccc3nc2Cl)c(C)c1C. The van der Waals surface area contributed by atoms with Gasteiger partial charge in [0.05, 0.1) is 17.8 Å². The Morgan fingerprint density at radius 2 is 1.90 bits per heavy atom. The minimum atomic E-state index is 0.550. The highest BCUT2D eigenvalue weighted by Gasteiger charge is 2.10. The van der Waals surface area contributed by atoms with Crippen LogP contribution in [0.25, 0.3) is 10.9 Å². The van der Waals surface area contributed by atoms with Gasteiger partial charge in [-0.3, -0.25) is 4.68 Å². The number of rotatable bonds is 2. The summed E-state index contributed by atoms with van der Waals surface area (Å²) in [7, 11) is 0. The first-order chi connectivity index (χ1) is 9.56. The molecular formula is C16H16ClN3. The van der Waals surface area contributed by atoms with Crippen molar-refractivity contribution in [2.24, 2.45) is 0 Å². The Hall–Kier alpha value is -1.87. The van der Waals surface area contributed by atoms with Gasteiger partial charge in [-0.2, -0.15) is 5.10 Å². The maximum Gasteiger partial charge on any atom is 0.134 e. The second-order valence-corrected chi connectivity index (χ2v) is 5.44. The van der Waals surface area contributed by atoms with E-state index in [9.17, 15) is 0 Å². The van der Waals surface area contributed by atoms with E-state index < -0.39 is 0 Å². The van der Waals surface area contributed by atoms with Gasteiger partial charge in [-0.05, 0) is 38.5 Å². The van der Waals surface area contributed by atoms with E-state index in [1.54, 1.807) is 0 Å². The summed E-state index contributed by atoms with van der Waals surface area (Å²) in [5, 5.41) is 6.21. The van der Waals surface area contributed by atoms with Crippen molar-refractivity contribution in [2.45, 2.75) is 27.3 Å². The Bertz CT molecular complexity index is 790. The molecule has 0 saturated heterocycles. The number of para-hydroxylation sites is 1. The number of benzene rings is 1. The van der Waals surface area contributed by atoms with E-state index in [4.69, 9.17) is 11.6 Å². The summed E-state index contributed by atoms with van der Waals surface area (Å²) in [4.78, 5) is 4.45. The number of hydrogen-bond donors (Lipinski definition) is 0. The first-order valence-electron chi connectivity index (χ1n) is 6.61. The van der Waals surface area contributed by atoms with Crippen LogP contribution in [0.1, 0.15) is 22.5 Å². The Labute approximate surface area is 123 Å². The molecule has 4 heteroatoms. The van der Waals surface area contributed by atoms with E-state index in [2.05, 4.69) is 36.1 Å². The molecule has 0 spiro atoms. The summed E-state index contributed by atoms with van der Waals surface area (Å²) in [5.74, 6) is 0. The van der Waals surface area contributed by atoms with Crippen LogP contribution in [0.3, 0.4) is 0 Å². The summed E-state index contributed by atoms with van der Waals surface area (Å²) in [6.45, 7) is 6.85. The van der Waals surface area contributed by atoms with E-state index in [0.29, 0.717) is 11.7 Å². The fourth-order valence-corrected chi connectivity index (χ4v) is 2.55. The average molecular weight is 286 g/mol. The van der Waals surface area contributed by atoms with Crippen molar-refractivity contribution >= 4 is 22.5 Å². The molecule has 20 heavy (non-hydrogen) atoms. The van der Waals surface area contributed by atoms with E-state index >= 15 is 0 Å². The maximum absolute atomic E-state index is 6.30. The van der Waals surface area contributed by atoms with Crippen molar-refractivity contribution in [3.05, 3.63) is 58.0 Å². The minimum absolute atomic E-state index is 0.550. The second-order valence-electron chi connectivity index (χ2n) is 5.08. The molecule has 3 rings (SSSR count). The minimum Gasteiger partial charge on any atom is -0.265 e. The number of halogens is 1. The van der Waals surface area contributed by atoms with Crippen molar-refractivity contribution in [1.29, 1.82) is 0 Å². The van der Waals surface area contributed by atoms with E-state index in [-0.39, 0.29) is 0 Å². The molecular weight excluding hydrogens is 270 g/mol.